The van der Waals surface area contributed by atoms with E-state index in [0.29, 0.717) is 11.3 Å². The second-order valence-corrected chi connectivity index (χ2v) is 5.95. The smallest absolute Gasteiger partial charge is 0.276 e. The van der Waals surface area contributed by atoms with Crippen LogP contribution in [0.4, 0.5) is 4.39 Å². The molecule has 5 nitrogen and oxygen atoms in total. The van der Waals surface area contributed by atoms with Crippen LogP contribution in [0.25, 0.3) is 0 Å². The Balaban J connectivity index is 1.73. The second kappa shape index (κ2) is 6.89. The molecule has 1 aromatic heterocycles. The van der Waals surface area contributed by atoms with Crippen LogP contribution >= 0.6 is 0 Å². The van der Waals surface area contributed by atoms with Crippen molar-refractivity contribution in [1.29, 1.82) is 0 Å². The fraction of sp³-hybridized carbons (Fsp3) is 0.471. The summed E-state index contributed by atoms with van der Waals surface area (Å²) in [6.45, 7) is 3.15. The topological polar surface area (TPSA) is 51.0 Å². The summed E-state index contributed by atoms with van der Waals surface area (Å²) >= 11 is 0. The standard InChI is InChI=1S/C17H21FN4O/c1-2-14-8-5-6-10-22(14)17(23)16-12-21(20-19-16)11-13-7-3-4-9-15(13)18/h3-4,7,9,12,14H,2,5-6,8,10-11H2,1H3/t14-/m0/s1. The van der Waals surface area contributed by atoms with Gasteiger partial charge < -0.3 is 4.90 Å². The summed E-state index contributed by atoms with van der Waals surface area (Å²) in [5.74, 6) is -0.353. The Labute approximate surface area is 135 Å². The van der Waals surface area contributed by atoms with Crippen LogP contribution in [0.15, 0.2) is 30.5 Å². The van der Waals surface area contributed by atoms with Crippen LogP contribution in [-0.4, -0.2) is 38.4 Å². The number of hydrogen-bond donors (Lipinski definition) is 0. The summed E-state index contributed by atoms with van der Waals surface area (Å²) in [5.41, 5.74) is 0.863. The van der Waals surface area contributed by atoms with Crippen molar-refractivity contribution in [3.63, 3.8) is 0 Å². The molecule has 0 radical (unpaired) electrons. The van der Waals surface area contributed by atoms with Crippen molar-refractivity contribution in [2.24, 2.45) is 0 Å². The highest BCUT2D eigenvalue weighted by Gasteiger charge is 2.27. The van der Waals surface area contributed by atoms with Gasteiger partial charge >= 0.3 is 0 Å². The van der Waals surface area contributed by atoms with Crippen LogP contribution < -0.4 is 0 Å². The summed E-state index contributed by atoms with van der Waals surface area (Å²) in [6.07, 6.45) is 5.81. The van der Waals surface area contributed by atoms with Gasteiger partial charge in [0.15, 0.2) is 5.69 Å². The average Bonchev–Trinajstić information content (AvgIpc) is 3.05. The predicted octanol–water partition coefficient (Wildman–Crippen LogP) is 2.87. The van der Waals surface area contributed by atoms with E-state index < -0.39 is 0 Å². The molecular weight excluding hydrogens is 295 g/mol. The van der Waals surface area contributed by atoms with Crippen molar-refractivity contribution < 1.29 is 9.18 Å². The van der Waals surface area contributed by atoms with Crippen molar-refractivity contribution in [2.75, 3.05) is 6.54 Å². The minimum Gasteiger partial charge on any atom is -0.334 e. The zero-order valence-corrected chi connectivity index (χ0v) is 13.3. The van der Waals surface area contributed by atoms with Gasteiger partial charge in [-0.25, -0.2) is 9.07 Å². The van der Waals surface area contributed by atoms with Gasteiger partial charge in [0.2, 0.25) is 0 Å². The maximum atomic E-state index is 13.7. The number of aromatic nitrogens is 3. The number of carbonyl (C=O) groups is 1. The van der Waals surface area contributed by atoms with E-state index in [4.69, 9.17) is 0 Å². The Morgan fingerprint density at radius 2 is 2.17 bits per heavy atom. The molecule has 122 valence electrons. The van der Waals surface area contributed by atoms with E-state index >= 15 is 0 Å². The lowest BCUT2D eigenvalue weighted by molar-refractivity contribution is 0.0602. The van der Waals surface area contributed by atoms with Gasteiger partial charge in [-0.05, 0) is 31.7 Å². The number of likely N-dealkylation sites (tertiary alicyclic amines) is 1. The summed E-state index contributed by atoms with van der Waals surface area (Å²) in [4.78, 5) is 14.5. The number of piperidine rings is 1. The maximum absolute atomic E-state index is 13.7. The molecule has 23 heavy (non-hydrogen) atoms. The number of amides is 1. The number of halogens is 1. The van der Waals surface area contributed by atoms with Gasteiger partial charge in [0.25, 0.3) is 5.91 Å². The SMILES string of the molecule is CC[C@H]1CCCCN1C(=O)c1cn(Cc2ccccc2F)nn1. The molecule has 1 amide bonds. The molecule has 6 heteroatoms. The van der Waals surface area contributed by atoms with E-state index in [2.05, 4.69) is 17.2 Å². The van der Waals surface area contributed by atoms with E-state index in [1.54, 1.807) is 24.4 Å². The molecule has 2 aromatic rings. The average molecular weight is 316 g/mol. The third-order valence-corrected chi connectivity index (χ3v) is 4.41. The number of hydrogen-bond acceptors (Lipinski definition) is 3. The third-order valence-electron chi connectivity index (χ3n) is 4.41. The molecular formula is C17H21FN4O. The largest absolute Gasteiger partial charge is 0.334 e. The first kappa shape index (κ1) is 15.6. The Kier molecular flexibility index (Phi) is 4.69. The molecule has 0 aliphatic carbocycles. The molecule has 0 N–H and O–H groups in total. The van der Waals surface area contributed by atoms with Gasteiger partial charge in [0, 0.05) is 18.2 Å². The van der Waals surface area contributed by atoms with Crippen LogP contribution in [0, 0.1) is 5.82 Å². The third kappa shape index (κ3) is 3.41. The molecule has 1 aromatic carbocycles. The Morgan fingerprint density at radius 3 is 2.96 bits per heavy atom. The molecule has 0 unspecified atom stereocenters. The summed E-state index contributed by atoms with van der Waals surface area (Å²) in [7, 11) is 0. The van der Waals surface area contributed by atoms with Gasteiger partial charge in [-0.1, -0.05) is 30.3 Å². The van der Waals surface area contributed by atoms with Gasteiger partial charge in [-0.3, -0.25) is 4.79 Å². The van der Waals surface area contributed by atoms with Crippen LogP contribution in [-0.2, 0) is 6.54 Å². The molecule has 2 heterocycles. The van der Waals surface area contributed by atoms with E-state index in [1.807, 2.05) is 4.90 Å². The first-order valence-electron chi connectivity index (χ1n) is 8.13. The second-order valence-electron chi connectivity index (χ2n) is 5.95. The zero-order valence-electron chi connectivity index (χ0n) is 13.3. The lowest BCUT2D eigenvalue weighted by Crippen LogP contribution is -2.43. The maximum Gasteiger partial charge on any atom is 0.276 e. The summed E-state index contributed by atoms with van der Waals surface area (Å²) in [5, 5.41) is 7.96. The zero-order chi connectivity index (χ0) is 16.2. The van der Waals surface area contributed by atoms with Crippen LogP contribution in [0.5, 0.6) is 0 Å². The molecule has 1 saturated heterocycles. The van der Waals surface area contributed by atoms with Gasteiger partial charge in [0.05, 0.1) is 12.7 Å². The number of rotatable bonds is 4. The molecule has 1 fully saturated rings. The van der Waals surface area contributed by atoms with Crippen molar-refractivity contribution in [3.8, 4) is 0 Å². The molecule has 0 spiro atoms. The van der Waals surface area contributed by atoms with E-state index in [9.17, 15) is 9.18 Å². The van der Waals surface area contributed by atoms with Crippen molar-refractivity contribution in [3.05, 3.63) is 47.5 Å². The Hall–Kier alpha value is -2.24. The van der Waals surface area contributed by atoms with E-state index in [1.165, 1.54) is 17.2 Å². The number of nitrogens with zero attached hydrogens (tertiary/aromatic N) is 4. The van der Waals surface area contributed by atoms with Crippen LogP contribution in [0.3, 0.4) is 0 Å². The van der Waals surface area contributed by atoms with E-state index in [-0.39, 0.29) is 24.3 Å². The van der Waals surface area contributed by atoms with Crippen LogP contribution in [0.1, 0.15) is 48.7 Å². The highest BCUT2D eigenvalue weighted by molar-refractivity contribution is 5.92. The molecule has 3 rings (SSSR count). The van der Waals surface area contributed by atoms with Crippen molar-refractivity contribution in [2.45, 2.75) is 45.2 Å². The number of benzene rings is 1. The van der Waals surface area contributed by atoms with Crippen LogP contribution in [0.2, 0.25) is 0 Å². The molecule has 0 saturated carbocycles. The highest BCUT2D eigenvalue weighted by atomic mass is 19.1. The molecule has 1 aliphatic heterocycles. The van der Waals surface area contributed by atoms with Crippen molar-refractivity contribution in [1.82, 2.24) is 19.9 Å². The highest BCUT2D eigenvalue weighted by Crippen LogP contribution is 2.21. The fourth-order valence-corrected chi connectivity index (χ4v) is 3.11. The Morgan fingerprint density at radius 1 is 1.35 bits per heavy atom. The summed E-state index contributed by atoms with van der Waals surface area (Å²) < 4.78 is 15.2. The monoisotopic (exact) mass is 316 g/mol. The van der Waals surface area contributed by atoms with Gasteiger partial charge in [0.1, 0.15) is 5.82 Å². The minimum atomic E-state index is -0.280. The summed E-state index contributed by atoms with van der Waals surface area (Å²) in [6, 6.07) is 6.83. The quantitative estimate of drug-likeness (QED) is 0.871. The minimum absolute atomic E-state index is 0.0728. The lowest BCUT2D eigenvalue weighted by Gasteiger charge is -2.34. The van der Waals surface area contributed by atoms with Gasteiger partial charge in [-0.2, -0.15) is 0 Å². The normalized spacial score (nSPS) is 18.2. The first-order chi connectivity index (χ1) is 11.2. The van der Waals surface area contributed by atoms with E-state index in [0.717, 1.165) is 25.8 Å². The fourth-order valence-electron chi connectivity index (χ4n) is 3.11. The molecule has 1 aliphatic rings. The lowest BCUT2D eigenvalue weighted by atomic mass is 10.00. The molecule has 0 bridgehead atoms. The van der Waals surface area contributed by atoms with Crippen molar-refractivity contribution >= 4 is 5.91 Å². The Bertz CT molecular complexity index is 685. The molecule has 1 atom stereocenters. The first-order valence-corrected chi connectivity index (χ1v) is 8.13. The van der Waals surface area contributed by atoms with Gasteiger partial charge in [-0.15, -0.1) is 5.10 Å². The number of carbonyl (C=O) groups excluding carboxylic acids is 1. The predicted molar refractivity (Wildman–Crippen MR) is 84.5 cm³/mol.